The number of nitrogens with one attached hydrogen (secondary N) is 1. The minimum absolute atomic E-state index is 0.0121. The first-order chi connectivity index (χ1) is 10.1. The van der Waals surface area contributed by atoms with Crippen molar-refractivity contribution in [3.8, 4) is 0 Å². The van der Waals surface area contributed by atoms with Gasteiger partial charge in [-0.15, -0.1) is 0 Å². The lowest BCUT2D eigenvalue weighted by atomic mass is 10.0. The van der Waals surface area contributed by atoms with E-state index < -0.39 is 0 Å². The van der Waals surface area contributed by atoms with Crippen LogP contribution in [0.3, 0.4) is 0 Å². The van der Waals surface area contributed by atoms with Crippen LogP contribution in [0.5, 0.6) is 0 Å². The summed E-state index contributed by atoms with van der Waals surface area (Å²) in [6.07, 6.45) is 2.86. The van der Waals surface area contributed by atoms with Crippen molar-refractivity contribution in [2.24, 2.45) is 11.8 Å². The second-order valence-electron chi connectivity index (χ2n) is 5.65. The van der Waals surface area contributed by atoms with E-state index in [0.29, 0.717) is 18.8 Å². The third-order valence-corrected chi connectivity index (χ3v) is 3.27. The molecule has 0 spiro atoms. The summed E-state index contributed by atoms with van der Waals surface area (Å²) in [5.74, 6) is 6.78. The predicted molar refractivity (Wildman–Crippen MR) is 79.8 cm³/mol. The highest BCUT2D eigenvalue weighted by molar-refractivity contribution is 5.17. The Morgan fingerprint density at radius 3 is 2.81 bits per heavy atom. The fraction of sp³-hybridized carbons (Fsp3) is 0.467. The molecule has 21 heavy (non-hydrogen) atoms. The summed E-state index contributed by atoms with van der Waals surface area (Å²) in [6, 6.07) is 6.56. The van der Waals surface area contributed by atoms with Crippen molar-refractivity contribution < 1.29 is 4.39 Å². The van der Waals surface area contributed by atoms with E-state index in [2.05, 4.69) is 29.4 Å². The second-order valence-corrected chi connectivity index (χ2v) is 5.65. The van der Waals surface area contributed by atoms with Gasteiger partial charge in [0.15, 0.2) is 0 Å². The molecule has 1 aromatic heterocycles. The lowest BCUT2D eigenvalue weighted by Gasteiger charge is -2.16. The summed E-state index contributed by atoms with van der Waals surface area (Å²) >= 11 is 0. The van der Waals surface area contributed by atoms with Crippen LogP contribution in [0.15, 0.2) is 30.6 Å². The first-order valence-electron chi connectivity index (χ1n) is 7.15. The highest BCUT2D eigenvalue weighted by atomic mass is 19.1. The topological polar surface area (TPSA) is 68.8 Å². The Morgan fingerprint density at radius 2 is 2.14 bits per heavy atom. The van der Waals surface area contributed by atoms with Crippen molar-refractivity contribution in [1.29, 1.82) is 0 Å². The van der Waals surface area contributed by atoms with E-state index in [4.69, 9.17) is 5.84 Å². The minimum atomic E-state index is -0.230. The highest BCUT2D eigenvalue weighted by Crippen LogP contribution is 2.10. The summed E-state index contributed by atoms with van der Waals surface area (Å²) in [6.45, 7) is 5.10. The summed E-state index contributed by atoms with van der Waals surface area (Å²) in [4.78, 5) is 4.30. The molecule has 0 amide bonds. The van der Waals surface area contributed by atoms with Gasteiger partial charge in [-0.25, -0.2) is 14.1 Å². The molecule has 1 heterocycles. The van der Waals surface area contributed by atoms with Gasteiger partial charge in [0.1, 0.15) is 18.0 Å². The molecule has 2 aromatic rings. The molecule has 0 saturated heterocycles. The maximum Gasteiger partial charge on any atom is 0.138 e. The molecule has 5 nitrogen and oxygen atoms in total. The van der Waals surface area contributed by atoms with Crippen molar-refractivity contribution in [3.63, 3.8) is 0 Å². The van der Waals surface area contributed by atoms with E-state index in [1.165, 1.54) is 12.1 Å². The number of hydrogen-bond donors (Lipinski definition) is 2. The van der Waals surface area contributed by atoms with Crippen LogP contribution in [0.1, 0.15) is 25.2 Å². The molecule has 0 fully saturated rings. The van der Waals surface area contributed by atoms with Crippen LogP contribution >= 0.6 is 0 Å². The molecule has 1 aromatic carbocycles. The van der Waals surface area contributed by atoms with E-state index in [9.17, 15) is 4.39 Å². The lowest BCUT2D eigenvalue weighted by Crippen LogP contribution is -2.39. The van der Waals surface area contributed by atoms with Crippen molar-refractivity contribution in [3.05, 3.63) is 47.8 Å². The Bertz CT molecular complexity index is 567. The van der Waals surface area contributed by atoms with Crippen LogP contribution in [-0.4, -0.2) is 20.8 Å². The van der Waals surface area contributed by atoms with E-state index in [0.717, 1.165) is 17.9 Å². The van der Waals surface area contributed by atoms with Crippen molar-refractivity contribution in [2.45, 2.75) is 39.3 Å². The third-order valence-electron chi connectivity index (χ3n) is 3.27. The Balaban J connectivity index is 2.04. The normalized spacial score (nSPS) is 12.8. The average molecular weight is 291 g/mol. The van der Waals surface area contributed by atoms with Crippen LogP contribution in [0.2, 0.25) is 0 Å². The fourth-order valence-corrected chi connectivity index (χ4v) is 2.30. The average Bonchev–Trinajstić information content (AvgIpc) is 2.84. The van der Waals surface area contributed by atoms with Gasteiger partial charge in [0.05, 0.1) is 0 Å². The summed E-state index contributed by atoms with van der Waals surface area (Å²) < 4.78 is 15.1. The standard InChI is InChI=1S/C15H22FN5/c1-11(2)9-21-15(18-10-19-21)8-14(20-17)7-12-4-3-5-13(16)6-12/h3-6,10-11,14,20H,7-9,17H2,1-2H3. The number of nitrogens with zero attached hydrogens (tertiary/aromatic N) is 3. The van der Waals surface area contributed by atoms with Gasteiger partial charge < -0.3 is 0 Å². The minimum Gasteiger partial charge on any atom is -0.271 e. The predicted octanol–water partition coefficient (Wildman–Crippen LogP) is 1.69. The quantitative estimate of drug-likeness (QED) is 0.602. The number of halogens is 1. The number of hydrazine groups is 1. The highest BCUT2D eigenvalue weighted by Gasteiger charge is 2.14. The van der Waals surface area contributed by atoms with Crippen molar-refractivity contribution in [1.82, 2.24) is 20.2 Å². The smallest absolute Gasteiger partial charge is 0.138 e. The molecular formula is C15H22FN5. The molecule has 2 rings (SSSR count). The summed E-state index contributed by atoms with van der Waals surface area (Å²) in [5.41, 5.74) is 3.70. The number of hydrogen-bond acceptors (Lipinski definition) is 4. The van der Waals surface area contributed by atoms with Crippen LogP contribution in [-0.2, 0) is 19.4 Å². The van der Waals surface area contributed by atoms with E-state index in [-0.39, 0.29) is 11.9 Å². The molecule has 3 N–H and O–H groups in total. The van der Waals surface area contributed by atoms with Crippen LogP contribution < -0.4 is 11.3 Å². The largest absolute Gasteiger partial charge is 0.271 e. The van der Waals surface area contributed by atoms with Crippen molar-refractivity contribution in [2.75, 3.05) is 0 Å². The Labute approximate surface area is 124 Å². The van der Waals surface area contributed by atoms with Gasteiger partial charge in [0, 0.05) is 19.0 Å². The number of aromatic nitrogens is 3. The molecule has 6 heteroatoms. The first kappa shape index (κ1) is 15.6. The van der Waals surface area contributed by atoms with E-state index in [1.54, 1.807) is 12.4 Å². The van der Waals surface area contributed by atoms with E-state index >= 15 is 0 Å². The molecule has 114 valence electrons. The molecule has 0 aliphatic heterocycles. The van der Waals surface area contributed by atoms with Gasteiger partial charge in [-0.05, 0) is 30.0 Å². The van der Waals surface area contributed by atoms with Crippen LogP contribution in [0.25, 0.3) is 0 Å². The second kappa shape index (κ2) is 7.28. The molecule has 0 saturated carbocycles. The van der Waals surface area contributed by atoms with Crippen LogP contribution in [0, 0.1) is 11.7 Å². The summed E-state index contributed by atoms with van der Waals surface area (Å²) in [7, 11) is 0. The molecule has 0 aliphatic rings. The van der Waals surface area contributed by atoms with Gasteiger partial charge >= 0.3 is 0 Å². The molecule has 1 unspecified atom stereocenters. The zero-order valence-electron chi connectivity index (χ0n) is 12.5. The lowest BCUT2D eigenvalue weighted by molar-refractivity contribution is 0.441. The van der Waals surface area contributed by atoms with Gasteiger partial charge in [0.2, 0.25) is 0 Å². The zero-order chi connectivity index (χ0) is 15.2. The summed E-state index contributed by atoms with van der Waals surface area (Å²) in [5, 5.41) is 4.24. The van der Waals surface area contributed by atoms with Crippen molar-refractivity contribution >= 4 is 0 Å². The molecule has 1 atom stereocenters. The fourth-order valence-electron chi connectivity index (χ4n) is 2.30. The Hall–Kier alpha value is -1.79. The third kappa shape index (κ3) is 4.61. The number of benzene rings is 1. The van der Waals surface area contributed by atoms with Crippen LogP contribution in [0.4, 0.5) is 4.39 Å². The zero-order valence-corrected chi connectivity index (χ0v) is 12.5. The Morgan fingerprint density at radius 1 is 1.33 bits per heavy atom. The molecule has 0 radical (unpaired) electrons. The Kier molecular flexibility index (Phi) is 5.41. The molecule has 0 bridgehead atoms. The maximum atomic E-state index is 13.2. The van der Waals surface area contributed by atoms with Gasteiger partial charge in [-0.3, -0.25) is 11.3 Å². The van der Waals surface area contributed by atoms with Gasteiger partial charge in [-0.2, -0.15) is 5.10 Å². The number of rotatable bonds is 7. The number of nitrogens with two attached hydrogens (primary N) is 1. The molecule has 0 aliphatic carbocycles. The molecular weight excluding hydrogens is 269 g/mol. The van der Waals surface area contributed by atoms with Gasteiger partial charge in [-0.1, -0.05) is 26.0 Å². The maximum absolute atomic E-state index is 13.2. The van der Waals surface area contributed by atoms with Gasteiger partial charge in [0.25, 0.3) is 0 Å². The first-order valence-corrected chi connectivity index (χ1v) is 7.15. The van der Waals surface area contributed by atoms with E-state index in [1.807, 2.05) is 10.7 Å². The SMILES string of the molecule is CC(C)Cn1ncnc1CC(Cc1cccc(F)c1)NN. The monoisotopic (exact) mass is 291 g/mol.